The number of benzene rings is 1. The number of aryl methyl sites for hydroxylation is 1. The predicted molar refractivity (Wildman–Crippen MR) is 69.3 cm³/mol. The Balaban J connectivity index is 2.55. The third-order valence-electron chi connectivity index (χ3n) is 2.36. The van der Waals surface area contributed by atoms with Gasteiger partial charge in [0, 0.05) is 0 Å². The Morgan fingerprint density at radius 2 is 1.53 bits per heavy atom. The first-order valence-electron chi connectivity index (χ1n) is 5.28. The fourth-order valence-electron chi connectivity index (χ4n) is 1.51. The quantitative estimate of drug-likeness (QED) is 0.468. The molecule has 0 N–H and O–H groups in total. The van der Waals surface area contributed by atoms with Crippen LogP contribution in [0.25, 0.3) is 0 Å². The summed E-state index contributed by atoms with van der Waals surface area (Å²) < 4.78 is 0. The molecule has 1 aromatic carbocycles. The van der Waals surface area contributed by atoms with E-state index < -0.39 is 0 Å². The summed E-state index contributed by atoms with van der Waals surface area (Å²) in [5.74, 6) is 0. The van der Waals surface area contributed by atoms with Crippen LogP contribution in [0.5, 0.6) is 0 Å². The lowest BCUT2D eigenvalue weighted by Crippen LogP contribution is -1.87. The zero-order chi connectivity index (χ0) is 11.3. The summed E-state index contributed by atoms with van der Waals surface area (Å²) in [4.78, 5) is 0. The van der Waals surface area contributed by atoms with E-state index in [1.807, 2.05) is 12.1 Å². The smallest absolute Gasteiger partial charge is 0.0778 e. The average molecular weight is 266 g/mol. The molecule has 0 amide bonds. The Morgan fingerprint density at radius 3 is 2.07 bits per heavy atom. The van der Waals surface area contributed by atoms with E-state index in [1.54, 1.807) is 0 Å². The molecule has 0 saturated carbocycles. The van der Waals surface area contributed by atoms with Gasteiger partial charge in [0.05, 0.1) is 15.1 Å². The molecule has 0 aliphatic rings. The van der Waals surface area contributed by atoms with Gasteiger partial charge in [-0.2, -0.15) is 0 Å². The summed E-state index contributed by atoms with van der Waals surface area (Å²) in [5.41, 5.74) is 1.17. The van der Waals surface area contributed by atoms with Crippen molar-refractivity contribution in [3.63, 3.8) is 0 Å². The van der Waals surface area contributed by atoms with Crippen molar-refractivity contribution < 1.29 is 0 Å². The molecule has 0 aromatic heterocycles. The maximum atomic E-state index is 5.94. The van der Waals surface area contributed by atoms with Crippen molar-refractivity contribution in [2.75, 3.05) is 0 Å². The highest BCUT2D eigenvalue weighted by atomic mass is 35.5. The van der Waals surface area contributed by atoms with Crippen molar-refractivity contribution in [1.82, 2.24) is 0 Å². The molecule has 84 valence electrons. The molecule has 0 heterocycles. The molecule has 0 saturated heterocycles. The predicted octanol–water partition coefficient (Wildman–Crippen LogP) is 5.77. The second-order valence-electron chi connectivity index (χ2n) is 3.68. The number of rotatable bonds is 5. The van der Waals surface area contributed by atoms with Crippen LogP contribution in [0.1, 0.15) is 38.2 Å². The largest absolute Gasteiger partial charge is 0.0826 e. The maximum absolute atomic E-state index is 5.94. The molecule has 0 nitrogen and oxygen atoms in total. The van der Waals surface area contributed by atoms with Gasteiger partial charge < -0.3 is 0 Å². The second kappa shape index (κ2) is 6.62. The fraction of sp³-hybridized carbons (Fsp3) is 0.500. The van der Waals surface area contributed by atoms with E-state index in [2.05, 4.69) is 6.92 Å². The Morgan fingerprint density at radius 1 is 0.933 bits per heavy atom. The minimum atomic E-state index is 0.454. The van der Waals surface area contributed by atoms with Crippen LogP contribution >= 0.6 is 34.8 Å². The molecule has 0 fully saturated rings. The Bertz CT molecular complexity index is 298. The van der Waals surface area contributed by atoms with Gasteiger partial charge in [0.2, 0.25) is 0 Å². The summed E-state index contributed by atoms with van der Waals surface area (Å²) in [7, 11) is 0. The van der Waals surface area contributed by atoms with Gasteiger partial charge in [-0.3, -0.25) is 0 Å². The topological polar surface area (TPSA) is 0 Å². The highest BCUT2D eigenvalue weighted by Gasteiger charge is 2.05. The summed E-state index contributed by atoms with van der Waals surface area (Å²) in [6, 6.07) is 3.81. The monoisotopic (exact) mass is 264 g/mol. The number of halogens is 3. The van der Waals surface area contributed by atoms with Crippen LogP contribution in [0.2, 0.25) is 15.1 Å². The molecule has 1 aromatic rings. The van der Waals surface area contributed by atoms with Crippen LogP contribution in [0, 0.1) is 0 Å². The van der Waals surface area contributed by atoms with Crippen LogP contribution in [0.4, 0.5) is 0 Å². The molecule has 0 unspecified atom stereocenters. The highest BCUT2D eigenvalue weighted by molar-refractivity contribution is 6.48. The van der Waals surface area contributed by atoms with E-state index in [9.17, 15) is 0 Å². The zero-order valence-corrected chi connectivity index (χ0v) is 11.1. The Labute approximate surface area is 107 Å². The number of unbranched alkanes of at least 4 members (excludes halogenated alkanes) is 3. The van der Waals surface area contributed by atoms with E-state index in [1.165, 1.54) is 31.2 Å². The molecule has 15 heavy (non-hydrogen) atoms. The van der Waals surface area contributed by atoms with Crippen LogP contribution < -0.4 is 0 Å². The van der Waals surface area contributed by atoms with Gasteiger partial charge >= 0.3 is 0 Å². The van der Waals surface area contributed by atoms with E-state index >= 15 is 0 Å². The van der Waals surface area contributed by atoms with Gasteiger partial charge in [0.25, 0.3) is 0 Å². The Hall–Kier alpha value is 0.0900. The summed E-state index contributed by atoms with van der Waals surface area (Å²) in [5, 5.41) is 1.56. The SMILES string of the molecule is CCCCCCc1cc(Cl)c(Cl)c(Cl)c1. The van der Waals surface area contributed by atoms with Crippen molar-refractivity contribution >= 4 is 34.8 Å². The Kier molecular flexibility index (Phi) is 5.81. The van der Waals surface area contributed by atoms with Crippen LogP contribution in [0.3, 0.4) is 0 Å². The molecule has 0 spiro atoms. The molecule has 0 bridgehead atoms. The van der Waals surface area contributed by atoms with Gasteiger partial charge in [-0.25, -0.2) is 0 Å². The van der Waals surface area contributed by atoms with E-state index in [4.69, 9.17) is 34.8 Å². The molecule has 0 aliphatic carbocycles. The summed E-state index contributed by atoms with van der Waals surface area (Å²) in [6.45, 7) is 2.20. The van der Waals surface area contributed by atoms with Crippen LogP contribution in [-0.4, -0.2) is 0 Å². The van der Waals surface area contributed by atoms with E-state index in [0.717, 1.165) is 6.42 Å². The first-order chi connectivity index (χ1) is 7.15. The minimum absolute atomic E-state index is 0.454. The van der Waals surface area contributed by atoms with Gasteiger partial charge in [-0.05, 0) is 30.5 Å². The normalized spacial score (nSPS) is 10.7. The number of hydrogen-bond acceptors (Lipinski definition) is 0. The lowest BCUT2D eigenvalue weighted by Gasteiger charge is -2.05. The van der Waals surface area contributed by atoms with Crippen molar-refractivity contribution in [2.45, 2.75) is 39.0 Å². The third-order valence-corrected chi connectivity index (χ3v) is 3.56. The standard InChI is InChI=1S/C12H15Cl3/c1-2-3-4-5-6-9-7-10(13)12(15)11(14)8-9/h7-8H,2-6H2,1H3. The van der Waals surface area contributed by atoms with Crippen molar-refractivity contribution in [3.05, 3.63) is 32.8 Å². The molecule has 3 heteroatoms. The van der Waals surface area contributed by atoms with Gasteiger partial charge in [-0.1, -0.05) is 61.0 Å². The van der Waals surface area contributed by atoms with E-state index in [-0.39, 0.29) is 0 Å². The number of hydrogen-bond donors (Lipinski definition) is 0. The molecule has 0 radical (unpaired) electrons. The van der Waals surface area contributed by atoms with Gasteiger partial charge in [-0.15, -0.1) is 0 Å². The molecule has 1 rings (SSSR count). The zero-order valence-electron chi connectivity index (χ0n) is 8.82. The van der Waals surface area contributed by atoms with Gasteiger partial charge in [0.1, 0.15) is 0 Å². The van der Waals surface area contributed by atoms with Crippen molar-refractivity contribution in [1.29, 1.82) is 0 Å². The second-order valence-corrected chi connectivity index (χ2v) is 4.88. The minimum Gasteiger partial charge on any atom is -0.0826 e. The fourth-order valence-corrected chi connectivity index (χ4v) is 2.15. The van der Waals surface area contributed by atoms with E-state index in [0.29, 0.717) is 15.1 Å². The summed E-state index contributed by atoms with van der Waals surface area (Å²) in [6.07, 6.45) is 6.00. The molecule has 0 aliphatic heterocycles. The molecule has 0 atom stereocenters. The summed E-state index contributed by atoms with van der Waals surface area (Å²) >= 11 is 17.8. The molecular weight excluding hydrogens is 250 g/mol. The highest BCUT2D eigenvalue weighted by Crippen LogP contribution is 2.31. The first-order valence-corrected chi connectivity index (χ1v) is 6.42. The average Bonchev–Trinajstić information content (AvgIpc) is 2.21. The molecular formula is C12H15Cl3. The third kappa shape index (κ3) is 4.22. The first kappa shape index (κ1) is 13.2. The van der Waals surface area contributed by atoms with Crippen molar-refractivity contribution in [2.24, 2.45) is 0 Å². The maximum Gasteiger partial charge on any atom is 0.0778 e. The van der Waals surface area contributed by atoms with Crippen molar-refractivity contribution in [3.8, 4) is 0 Å². The van der Waals surface area contributed by atoms with Gasteiger partial charge in [0.15, 0.2) is 0 Å². The lowest BCUT2D eigenvalue weighted by atomic mass is 10.1. The lowest BCUT2D eigenvalue weighted by molar-refractivity contribution is 0.667. The van der Waals surface area contributed by atoms with Crippen LogP contribution in [-0.2, 0) is 6.42 Å². The van der Waals surface area contributed by atoms with Crippen LogP contribution in [0.15, 0.2) is 12.1 Å².